The van der Waals surface area contributed by atoms with Gasteiger partial charge >= 0.3 is 6.03 Å². The summed E-state index contributed by atoms with van der Waals surface area (Å²) in [5.41, 5.74) is 1.82. The van der Waals surface area contributed by atoms with Crippen molar-refractivity contribution in [3.63, 3.8) is 0 Å². The number of nitrogens with zero attached hydrogens (tertiary/aromatic N) is 1. The fourth-order valence-corrected chi connectivity index (χ4v) is 3.54. The number of amides is 3. The van der Waals surface area contributed by atoms with Crippen LogP contribution in [0.15, 0.2) is 42.5 Å². The number of rotatable bonds is 4. The van der Waals surface area contributed by atoms with E-state index in [1.807, 2.05) is 19.9 Å². The number of nitrogens with one attached hydrogen (secondary N) is 2. The molecule has 0 spiro atoms. The van der Waals surface area contributed by atoms with Crippen LogP contribution in [0.2, 0.25) is 5.02 Å². The average Bonchev–Trinajstić information content (AvgIpc) is 2.71. The smallest absolute Gasteiger partial charge is 0.321 e. The summed E-state index contributed by atoms with van der Waals surface area (Å²) >= 11 is 6.11. The second-order valence-corrected chi connectivity index (χ2v) is 8.11. The molecule has 0 saturated carbocycles. The van der Waals surface area contributed by atoms with Crippen LogP contribution < -0.4 is 10.6 Å². The van der Waals surface area contributed by atoms with Crippen LogP contribution in [0.4, 0.5) is 14.9 Å². The van der Waals surface area contributed by atoms with Gasteiger partial charge in [-0.15, -0.1) is 0 Å². The monoisotopic (exact) mass is 417 g/mol. The summed E-state index contributed by atoms with van der Waals surface area (Å²) in [6, 6.07) is 11.3. The quantitative estimate of drug-likeness (QED) is 0.754. The number of carbonyl (C=O) groups excluding carboxylic acids is 2. The molecule has 1 aliphatic heterocycles. The summed E-state index contributed by atoms with van der Waals surface area (Å²) in [5, 5.41) is 6.43. The molecule has 1 aliphatic rings. The molecular weight excluding hydrogens is 393 g/mol. The maximum atomic E-state index is 13.0. The van der Waals surface area contributed by atoms with E-state index in [0.29, 0.717) is 43.2 Å². The zero-order chi connectivity index (χ0) is 21.0. The summed E-state index contributed by atoms with van der Waals surface area (Å²) in [7, 11) is 0. The van der Waals surface area contributed by atoms with Gasteiger partial charge in [0.15, 0.2) is 0 Å². The molecule has 7 heteroatoms. The SMILES string of the molecule is Cc1c(Cl)cccc1NC(=O)N1CCC(C)(C(=O)NCc2ccc(F)cc2)CC1. The van der Waals surface area contributed by atoms with Gasteiger partial charge in [0, 0.05) is 35.8 Å². The van der Waals surface area contributed by atoms with Crippen LogP contribution in [-0.2, 0) is 11.3 Å². The van der Waals surface area contributed by atoms with Gasteiger partial charge in [0.25, 0.3) is 0 Å². The molecule has 2 N–H and O–H groups in total. The highest BCUT2D eigenvalue weighted by Crippen LogP contribution is 2.32. The third-order valence-electron chi connectivity index (χ3n) is 5.58. The molecule has 0 unspecified atom stereocenters. The van der Waals surface area contributed by atoms with Crippen molar-refractivity contribution in [2.24, 2.45) is 5.41 Å². The molecule has 3 rings (SSSR count). The van der Waals surface area contributed by atoms with E-state index in [9.17, 15) is 14.0 Å². The lowest BCUT2D eigenvalue weighted by Gasteiger charge is -2.38. The van der Waals surface area contributed by atoms with E-state index in [4.69, 9.17) is 11.6 Å². The lowest BCUT2D eigenvalue weighted by atomic mass is 9.79. The van der Waals surface area contributed by atoms with Crippen LogP contribution in [-0.4, -0.2) is 29.9 Å². The number of hydrogen-bond donors (Lipinski definition) is 2. The molecule has 29 heavy (non-hydrogen) atoms. The lowest BCUT2D eigenvalue weighted by Crippen LogP contribution is -2.49. The Morgan fingerprint density at radius 2 is 1.79 bits per heavy atom. The van der Waals surface area contributed by atoms with Gasteiger partial charge in [-0.25, -0.2) is 9.18 Å². The number of carbonyl (C=O) groups is 2. The van der Waals surface area contributed by atoms with Crippen LogP contribution in [0.5, 0.6) is 0 Å². The molecule has 0 aliphatic carbocycles. The molecule has 2 aromatic rings. The number of likely N-dealkylation sites (tertiary alicyclic amines) is 1. The molecule has 2 aromatic carbocycles. The third-order valence-corrected chi connectivity index (χ3v) is 5.99. The average molecular weight is 418 g/mol. The first-order valence-electron chi connectivity index (χ1n) is 9.62. The van der Waals surface area contributed by atoms with Crippen molar-refractivity contribution in [3.05, 3.63) is 64.4 Å². The zero-order valence-electron chi connectivity index (χ0n) is 16.6. The second-order valence-electron chi connectivity index (χ2n) is 7.70. The Balaban J connectivity index is 1.52. The van der Waals surface area contributed by atoms with Crippen molar-refractivity contribution in [1.29, 1.82) is 0 Å². The minimum atomic E-state index is -0.539. The summed E-state index contributed by atoms with van der Waals surface area (Å²) in [6.07, 6.45) is 1.15. The van der Waals surface area contributed by atoms with E-state index in [1.165, 1.54) is 12.1 Å². The Bertz CT molecular complexity index is 893. The highest BCUT2D eigenvalue weighted by molar-refractivity contribution is 6.31. The van der Waals surface area contributed by atoms with E-state index < -0.39 is 5.41 Å². The molecule has 0 aromatic heterocycles. The maximum absolute atomic E-state index is 13.0. The van der Waals surface area contributed by atoms with Gasteiger partial charge in [0.2, 0.25) is 5.91 Å². The highest BCUT2D eigenvalue weighted by Gasteiger charge is 2.38. The van der Waals surface area contributed by atoms with Gasteiger partial charge < -0.3 is 15.5 Å². The van der Waals surface area contributed by atoms with Gasteiger partial charge in [0.05, 0.1) is 0 Å². The zero-order valence-corrected chi connectivity index (χ0v) is 17.4. The van der Waals surface area contributed by atoms with Gasteiger partial charge in [-0.05, 0) is 55.2 Å². The van der Waals surface area contributed by atoms with Gasteiger partial charge in [-0.1, -0.05) is 36.7 Å². The summed E-state index contributed by atoms with van der Waals surface area (Å²) < 4.78 is 13.0. The normalized spacial score (nSPS) is 15.7. The van der Waals surface area contributed by atoms with Gasteiger partial charge in [-0.3, -0.25) is 4.79 Å². The number of halogens is 2. The lowest BCUT2D eigenvalue weighted by molar-refractivity contribution is -0.132. The summed E-state index contributed by atoms with van der Waals surface area (Å²) in [6.45, 7) is 5.12. The maximum Gasteiger partial charge on any atom is 0.321 e. The molecule has 0 atom stereocenters. The molecule has 3 amide bonds. The van der Waals surface area contributed by atoms with E-state index in [-0.39, 0.29) is 17.8 Å². The van der Waals surface area contributed by atoms with E-state index >= 15 is 0 Å². The highest BCUT2D eigenvalue weighted by atomic mass is 35.5. The van der Waals surface area contributed by atoms with Gasteiger partial charge in [0.1, 0.15) is 5.82 Å². The van der Waals surface area contributed by atoms with Gasteiger partial charge in [-0.2, -0.15) is 0 Å². The van der Waals surface area contributed by atoms with E-state index in [2.05, 4.69) is 10.6 Å². The number of urea groups is 1. The molecule has 0 bridgehead atoms. The Kier molecular flexibility index (Phi) is 6.42. The summed E-state index contributed by atoms with van der Waals surface area (Å²) in [4.78, 5) is 27.0. The fourth-order valence-electron chi connectivity index (χ4n) is 3.37. The first-order chi connectivity index (χ1) is 13.8. The molecule has 154 valence electrons. The first kappa shape index (κ1) is 21.1. The van der Waals surface area contributed by atoms with Crippen LogP contribution >= 0.6 is 11.6 Å². The van der Waals surface area contributed by atoms with Crippen molar-refractivity contribution in [1.82, 2.24) is 10.2 Å². The third kappa shape index (κ3) is 5.07. The van der Waals surface area contributed by atoms with Crippen LogP contribution in [0.25, 0.3) is 0 Å². The predicted molar refractivity (Wildman–Crippen MR) is 112 cm³/mol. The van der Waals surface area contributed by atoms with Crippen molar-refractivity contribution in [2.45, 2.75) is 33.2 Å². The Labute approximate surface area is 175 Å². The molecule has 1 fully saturated rings. The van der Waals surface area contributed by atoms with E-state index in [1.54, 1.807) is 29.2 Å². The minimum absolute atomic E-state index is 0.0485. The fraction of sp³-hybridized carbons (Fsp3) is 0.364. The second kappa shape index (κ2) is 8.82. The minimum Gasteiger partial charge on any atom is -0.352 e. The Hall–Kier alpha value is -2.60. The Morgan fingerprint density at radius 1 is 1.14 bits per heavy atom. The summed E-state index contributed by atoms with van der Waals surface area (Å²) in [5.74, 6) is -0.349. The molecule has 5 nitrogen and oxygen atoms in total. The van der Waals surface area contributed by atoms with Crippen molar-refractivity contribution in [3.8, 4) is 0 Å². The molecular formula is C22H25ClFN3O2. The van der Waals surface area contributed by atoms with Crippen molar-refractivity contribution < 1.29 is 14.0 Å². The number of anilines is 1. The van der Waals surface area contributed by atoms with Crippen LogP contribution in [0.1, 0.15) is 30.9 Å². The number of hydrogen-bond acceptors (Lipinski definition) is 2. The van der Waals surface area contributed by atoms with Crippen LogP contribution in [0.3, 0.4) is 0 Å². The standard InChI is InChI=1S/C22H25ClFN3O2/c1-15-18(23)4-3-5-19(15)26-21(29)27-12-10-22(2,11-13-27)20(28)25-14-16-6-8-17(24)9-7-16/h3-9H,10-14H2,1-2H3,(H,25,28)(H,26,29). The predicted octanol–water partition coefficient (Wildman–Crippen LogP) is 4.74. The molecule has 1 saturated heterocycles. The topological polar surface area (TPSA) is 61.4 Å². The largest absolute Gasteiger partial charge is 0.352 e. The molecule has 1 heterocycles. The van der Waals surface area contributed by atoms with Crippen LogP contribution in [0, 0.1) is 18.2 Å². The Morgan fingerprint density at radius 3 is 2.45 bits per heavy atom. The van der Waals surface area contributed by atoms with Crippen molar-refractivity contribution in [2.75, 3.05) is 18.4 Å². The first-order valence-corrected chi connectivity index (χ1v) is 10.00. The number of piperidine rings is 1. The van der Waals surface area contributed by atoms with Crippen molar-refractivity contribution >= 4 is 29.2 Å². The van der Waals surface area contributed by atoms with E-state index in [0.717, 1.165) is 11.1 Å². The number of benzene rings is 2. The molecule has 0 radical (unpaired) electrons.